The minimum absolute atomic E-state index is 1.01. The van der Waals surface area contributed by atoms with Crippen LogP contribution in [0.5, 0.6) is 0 Å². The van der Waals surface area contributed by atoms with Crippen LogP contribution < -0.4 is 0 Å². The number of piperazine rings is 2. The van der Waals surface area contributed by atoms with Crippen molar-refractivity contribution in [3.8, 4) is 0 Å². The molecule has 2 aliphatic rings. The van der Waals surface area contributed by atoms with E-state index in [-0.39, 0.29) is 0 Å². The fraction of sp³-hybridized carbons (Fsp3) is 0.593. The molecule has 5 nitrogen and oxygen atoms in total. The van der Waals surface area contributed by atoms with Crippen LogP contribution in [0.1, 0.15) is 49.4 Å². The second-order valence-corrected chi connectivity index (χ2v) is 9.30. The molecule has 0 atom stereocenters. The SMILES string of the molecule is C=C(c1cc(CN2CCN(C(C)=NC)CC2)c(C)cc1C)N1CCN(/C(C)=C/CC)CC1. The maximum atomic E-state index is 4.53. The fourth-order valence-electron chi connectivity index (χ4n) is 4.91. The van der Waals surface area contributed by atoms with E-state index in [2.05, 4.69) is 84.0 Å². The third kappa shape index (κ3) is 5.74. The Hall–Kier alpha value is -2.27. The van der Waals surface area contributed by atoms with E-state index in [1.165, 1.54) is 33.6 Å². The van der Waals surface area contributed by atoms with Gasteiger partial charge in [0.05, 0.1) is 5.84 Å². The Labute approximate surface area is 196 Å². The van der Waals surface area contributed by atoms with Crippen molar-refractivity contribution in [2.45, 2.75) is 47.6 Å². The molecule has 2 aliphatic heterocycles. The van der Waals surface area contributed by atoms with Gasteiger partial charge in [0.25, 0.3) is 0 Å². The first-order valence-corrected chi connectivity index (χ1v) is 12.2. The third-order valence-corrected chi connectivity index (χ3v) is 7.20. The lowest BCUT2D eigenvalue weighted by atomic mass is 9.97. The molecule has 0 aromatic heterocycles. The summed E-state index contributed by atoms with van der Waals surface area (Å²) < 4.78 is 0. The Morgan fingerprint density at radius 1 is 0.906 bits per heavy atom. The van der Waals surface area contributed by atoms with Crippen LogP contribution in [0.15, 0.2) is 35.5 Å². The minimum atomic E-state index is 1.01. The van der Waals surface area contributed by atoms with E-state index in [1.807, 2.05) is 7.05 Å². The molecule has 1 aromatic carbocycles. The van der Waals surface area contributed by atoms with Gasteiger partial charge in [0.1, 0.15) is 0 Å². The largest absolute Gasteiger partial charge is 0.372 e. The molecule has 0 radical (unpaired) electrons. The first-order valence-electron chi connectivity index (χ1n) is 12.2. The summed E-state index contributed by atoms with van der Waals surface area (Å²) in [4.78, 5) is 14.3. The van der Waals surface area contributed by atoms with Crippen molar-refractivity contribution >= 4 is 11.5 Å². The highest BCUT2D eigenvalue weighted by Crippen LogP contribution is 2.27. The molecule has 0 amide bonds. The molecule has 2 saturated heterocycles. The predicted molar refractivity (Wildman–Crippen MR) is 138 cm³/mol. The average molecular weight is 438 g/mol. The molecule has 3 rings (SSSR count). The van der Waals surface area contributed by atoms with Gasteiger partial charge in [-0.05, 0) is 56.9 Å². The molecular formula is C27H43N5. The van der Waals surface area contributed by atoms with Crippen molar-refractivity contribution in [1.29, 1.82) is 0 Å². The highest BCUT2D eigenvalue weighted by molar-refractivity contribution is 5.79. The van der Waals surface area contributed by atoms with E-state index in [9.17, 15) is 0 Å². The van der Waals surface area contributed by atoms with Crippen LogP contribution in [0.4, 0.5) is 0 Å². The van der Waals surface area contributed by atoms with Gasteiger partial charge in [0, 0.05) is 82.9 Å². The van der Waals surface area contributed by atoms with Crippen molar-refractivity contribution in [3.63, 3.8) is 0 Å². The maximum Gasteiger partial charge on any atom is 0.0954 e. The van der Waals surface area contributed by atoms with E-state index < -0.39 is 0 Å². The highest BCUT2D eigenvalue weighted by atomic mass is 15.3. The Kier molecular flexibility index (Phi) is 8.41. The van der Waals surface area contributed by atoms with Crippen LogP contribution in [-0.2, 0) is 6.54 Å². The van der Waals surface area contributed by atoms with Crippen LogP contribution in [0.25, 0.3) is 5.70 Å². The zero-order valence-electron chi connectivity index (χ0n) is 21.2. The summed E-state index contributed by atoms with van der Waals surface area (Å²) >= 11 is 0. The normalized spacial score (nSPS) is 19.0. The molecule has 0 bridgehead atoms. The number of nitrogens with zero attached hydrogens (tertiary/aromatic N) is 5. The van der Waals surface area contributed by atoms with Crippen LogP contribution in [0.3, 0.4) is 0 Å². The average Bonchev–Trinajstić information content (AvgIpc) is 2.80. The molecule has 0 unspecified atom stereocenters. The van der Waals surface area contributed by atoms with Crippen LogP contribution in [-0.4, -0.2) is 84.8 Å². The molecule has 5 heteroatoms. The van der Waals surface area contributed by atoms with E-state index in [1.54, 1.807) is 0 Å². The van der Waals surface area contributed by atoms with Gasteiger partial charge >= 0.3 is 0 Å². The topological polar surface area (TPSA) is 25.3 Å². The molecule has 0 spiro atoms. The maximum absolute atomic E-state index is 4.53. The Morgan fingerprint density at radius 2 is 1.50 bits per heavy atom. The van der Waals surface area contributed by atoms with Crippen LogP contribution in [0.2, 0.25) is 0 Å². The van der Waals surface area contributed by atoms with Crippen molar-refractivity contribution in [1.82, 2.24) is 19.6 Å². The first kappa shape index (κ1) is 24.4. The summed E-state index contributed by atoms with van der Waals surface area (Å²) in [6, 6.07) is 4.76. The van der Waals surface area contributed by atoms with Gasteiger partial charge in [-0.3, -0.25) is 9.89 Å². The number of aryl methyl sites for hydroxylation is 2. The zero-order valence-corrected chi connectivity index (χ0v) is 21.2. The molecule has 2 fully saturated rings. The number of aliphatic imine (C=N–C) groups is 1. The Bertz CT molecular complexity index is 853. The molecule has 0 N–H and O–H groups in total. The van der Waals surface area contributed by atoms with Gasteiger partial charge in [-0.2, -0.15) is 0 Å². The summed E-state index contributed by atoms with van der Waals surface area (Å²) in [5, 5.41) is 0. The minimum Gasteiger partial charge on any atom is -0.372 e. The van der Waals surface area contributed by atoms with Gasteiger partial charge in [0.2, 0.25) is 0 Å². The summed E-state index contributed by atoms with van der Waals surface area (Å²) in [6.45, 7) is 25.1. The Balaban J connectivity index is 1.65. The molecule has 2 heterocycles. The van der Waals surface area contributed by atoms with Gasteiger partial charge in [-0.1, -0.05) is 25.6 Å². The van der Waals surface area contributed by atoms with Gasteiger partial charge in [0.15, 0.2) is 0 Å². The van der Waals surface area contributed by atoms with E-state index in [4.69, 9.17) is 0 Å². The summed E-state index contributed by atoms with van der Waals surface area (Å²) in [6.07, 6.45) is 3.43. The fourth-order valence-corrected chi connectivity index (χ4v) is 4.91. The lowest BCUT2D eigenvalue weighted by molar-refractivity contribution is 0.174. The summed E-state index contributed by atoms with van der Waals surface area (Å²) in [5.74, 6) is 1.15. The number of allylic oxidation sites excluding steroid dienone is 2. The van der Waals surface area contributed by atoms with Crippen LogP contribution in [0, 0.1) is 13.8 Å². The standard InChI is InChI=1S/C27H43N5/c1-8-9-23(4)30-14-16-31(17-15-30)24(5)27-19-26(21(2)18-22(27)3)20-29-10-12-32(13-11-29)25(6)28-7/h9,18-19H,5,8,10-17,20H2,1-4,6-7H3/b23-9+,28-25?. The number of hydrogen-bond acceptors (Lipinski definition) is 4. The number of amidine groups is 1. The van der Waals surface area contributed by atoms with Crippen LogP contribution >= 0.6 is 0 Å². The lowest BCUT2D eigenvalue weighted by Crippen LogP contribution is -2.47. The van der Waals surface area contributed by atoms with Crippen molar-refractivity contribution in [3.05, 3.63) is 52.7 Å². The molecule has 176 valence electrons. The molecular weight excluding hydrogens is 394 g/mol. The summed E-state index contributed by atoms with van der Waals surface area (Å²) in [5.41, 5.74) is 8.05. The van der Waals surface area contributed by atoms with E-state index >= 15 is 0 Å². The number of rotatable bonds is 6. The smallest absolute Gasteiger partial charge is 0.0954 e. The number of hydrogen-bond donors (Lipinski definition) is 0. The van der Waals surface area contributed by atoms with Gasteiger partial charge in [-0.15, -0.1) is 0 Å². The number of benzene rings is 1. The van der Waals surface area contributed by atoms with E-state index in [0.29, 0.717) is 0 Å². The molecule has 32 heavy (non-hydrogen) atoms. The van der Waals surface area contributed by atoms with E-state index in [0.717, 1.165) is 71.2 Å². The molecule has 0 saturated carbocycles. The third-order valence-electron chi connectivity index (χ3n) is 7.20. The van der Waals surface area contributed by atoms with Crippen molar-refractivity contribution in [2.24, 2.45) is 4.99 Å². The van der Waals surface area contributed by atoms with Gasteiger partial charge < -0.3 is 14.7 Å². The quantitative estimate of drug-likeness (QED) is 0.487. The second-order valence-electron chi connectivity index (χ2n) is 9.30. The summed E-state index contributed by atoms with van der Waals surface area (Å²) in [7, 11) is 1.88. The second kappa shape index (κ2) is 11.0. The molecule has 1 aromatic rings. The van der Waals surface area contributed by atoms with Gasteiger partial charge in [-0.25, -0.2) is 0 Å². The predicted octanol–water partition coefficient (Wildman–Crippen LogP) is 4.37. The monoisotopic (exact) mass is 437 g/mol. The molecule has 0 aliphatic carbocycles. The lowest BCUT2D eigenvalue weighted by Gasteiger charge is -2.39. The van der Waals surface area contributed by atoms with Crippen molar-refractivity contribution < 1.29 is 0 Å². The first-order chi connectivity index (χ1) is 15.3. The zero-order chi connectivity index (χ0) is 23.3. The van der Waals surface area contributed by atoms with Crippen molar-refractivity contribution in [2.75, 3.05) is 59.4 Å². The highest BCUT2D eigenvalue weighted by Gasteiger charge is 2.22. The Morgan fingerprint density at radius 3 is 2.09 bits per heavy atom.